The van der Waals surface area contributed by atoms with Gasteiger partial charge >= 0.3 is 5.97 Å². The Hall–Kier alpha value is -3.27. The summed E-state index contributed by atoms with van der Waals surface area (Å²) in [7, 11) is -3.80. The lowest BCUT2D eigenvalue weighted by Gasteiger charge is -2.29. The molecule has 178 valence electrons. The van der Waals surface area contributed by atoms with E-state index < -0.39 is 27.9 Å². The van der Waals surface area contributed by atoms with E-state index in [-0.39, 0.29) is 5.69 Å². The number of nitrogens with one attached hydrogen (secondary N) is 1. The second-order valence-corrected chi connectivity index (χ2v) is 9.48. The lowest BCUT2D eigenvalue weighted by atomic mass is 10.2. The monoisotopic (exact) mass is 476 g/mol. The van der Waals surface area contributed by atoms with Gasteiger partial charge in [-0.15, -0.1) is 0 Å². The van der Waals surface area contributed by atoms with Gasteiger partial charge in [0.1, 0.15) is 19.3 Å². The molecule has 2 aromatic rings. The second kappa shape index (κ2) is 10.6. The van der Waals surface area contributed by atoms with E-state index >= 15 is 0 Å². The molecular weight excluding hydrogens is 448 g/mol. The fourth-order valence-corrected chi connectivity index (χ4v) is 4.47. The zero-order valence-corrected chi connectivity index (χ0v) is 19.7. The van der Waals surface area contributed by atoms with Crippen LogP contribution in [0.15, 0.2) is 42.5 Å². The van der Waals surface area contributed by atoms with Crippen molar-refractivity contribution >= 4 is 33.3 Å². The Bertz CT molecular complexity index is 1100. The summed E-state index contributed by atoms with van der Waals surface area (Å²) < 4.78 is 42.3. The van der Waals surface area contributed by atoms with Gasteiger partial charge in [0.2, 0.25) is 15.9 Å². The number of carbonyl (C=O) groups excluding carboxylic acids is 2. The van der Waals surface area contributed by atoms with Crippen molar-refractivity contribution in [1.82, 2.24) is 0 Å². The van der Waals surface area contributed by atoms with Gasteiger partial charge < -0.3 is 19.5 Å². The predicted molar refractivity (Wildman–Crippen MR) is 124 cm³/mol. The number of benzene rings is 2. The number of esters is 1. The predicted octanol–water partition coefficient (Wildman–Crippen LogP) is 3.21. The highest BCUT2D eigenvalue weighted by Gasteiger charge is 2.30. The molecule has 2 aromatic carbocycles. The van der Waals surface area contributed by atoms with Crippen LogP contribution in [0.4, 0.5) is 11.4 Å². The van der Waals surface area contributed by atoms with E-state index in [1.165, 1.54) is 13.0 Å². The second-order valence-electron chi connectivity index (χ2n) is 7.62. The lowest BCUT2D eigenvalue weighted by Crippen LogP contribution is -2.45. The summed E-state index contributed by atoms with van der Waals surface area (Å²) in [5.41, 5.74) is 1.08. The molecule has 0 saturated heterocycles. The van der Waals surface area contributed by atoms with Crippen LogP contribution in [-0.2, 0) is 19.6 Å². The van der Waals surface area contributed by atoms with E-state index in [9.17, 15) is 18.0 Å². The molecule has 9 nitrogen and oxygen atoms in total. The van der Waals surface area contributed by atoms with Gasteiger partial charge in [-0.05, 0) is 49.7 Å². The largest absolute Gasteiger partial charge is 0.486 e. The van der Waals surface area contributed by atoms with E-state index in [0.29, 0.717) is 42.6 Å². The Labute approximate surface area is 193 Å². The number of hydrogen-bond donors (Lipinski definition) is 1. The summed E-state index contributed by atoms with van der Waals surface area (Å²) in [6, 6.07) is 9.89. The molecule has 0 saturated carbocycles. The third kappa shape index (κ3) is 6.16. The van der Waals surface area contributed by atoms with Crippen molar-refractivity contribution in [2.45, 2.75) is 32.7 Å². The number of nitrogens with zero attached hydrogens (tertiary/aromatic N) is 1. The third-order valence-electron chi connectivity index (χ3n) is 4.99. The number of sulfonamides is 1. The molecule has 1 aliphatic heterocycles. The van der Waals surface area contributed by atoms with E-state index in [4.69, 9.17) is 14.2 Å². The molecule has 3 rings (SSSR count). The van der Waals surface area contributed by atoms with Crippen LogP contribution in [0, 0.1) is 0 Å². The fourth-order valence-electron chi connectivity index (χ4n) is 3.31. The summed E-state index contributed by atoms with van der Waals surface area (Å²) >= 11 is 0. The Morgan fingerprint density at radius 3 is 2.39 bits per heavy atom. The zero-order valence-electron chi connectivity index (χ0n) is 18.9. The quantitative estimate of drug-likeness (QED) is 0.437. The van der Waals surface area contributed by atoms with Crippen LogP contribution < -0.4 is 19.1 Å². The molecular formula is C23H28N2O7S. The maximum atomic E-state index is 12.9. The Morgan fingerprint density at radius 2 is 1.76 bits per heavy atom. The van der Waals surface area contributed by atoms with Gasteiger partial charge in [-0.2, -0.15) is 0 Å². The van der Waals surface area contributed by atoms with Gasteiger partial charge in [-0.25, -0.2) is 13.2 Å². The van der Waals surface area contributed by atoms with E-state index in [1.54, 1.807) is 36.4 Å². The summed E-state index contributed by atoms with van der Waals surface area (Å²) in [5.74, 6) is -0.0320. The number of unbranched alkanes of at least 4 members (excludes halogenated alkanes) is 1. The van der Waals surface area contributed by atoms with Crippen molar-refractivity contribution in [3.63, 3.8) is 0 Å². The van der Waals surface area contributed by atoms with Gasteiger partial charge in [0.15, 0.2) is 11.5 Å². The topological polar surface area (TPSA) is 111 Å². The van der Waals surface area contributed by atoms with Crippen molar-refractivity contribution in [2.75, 3.05) is 35.7 Å². The highest BCUT2D eigenvalue weighted by Crippen LogP contribution is 2.35. The molecule has 0 spiro atoms. The third-order valence-corrected chi connectivity index (χ3v) is 6.23. The molecule has 1 amide bonds. The first-order valence-electron chi connectivity index (χ1n) is 10.7. The van der Waals surface area contributed by atoms with Gasteiger partial charge in [0.05, 0.1) is 24.1 Å². The molecule has 10 heteroatoms. The maximum Gasteiger partial charge on any atom is 0.338 e. The van der Waals surface area contributed by atoms with Gasteiger partial charge in [-0.1, -0.05) is 13.3 Å². The SMILES string of the molecule is CCCCOC(=O)c1ccc(NC(=O)[C@H](C)N(c2ccc3c(c2)OCCO3)S(C)(=O)=O)cc1. The Balaban J connectivity index is 1.73. The smallest absolute Gasteiger partial charge is 0.338 e. The molecule has 0 fully saturated rings. The standard InChI is InChI=1S/C23H28N2O7S/c1-4-5-12-32-23(27)17-6-8-18(9-7-17)24-22(26)16(2)25(33(3,28)29)19-10-11-20-21(15-19)31-14-13-30-20/h6-11,15-16H,4-5,12-14H2,1-3H3,(H,24,26)/t16-/m0/s1. The van der Waals surface area contributed by atoms with Crippen LogP contribution in [0.2, 0.25) is 0 Å². The molecule has 0 unspecified atom stereocenters. The van der Waals surface area contributed by atoms with Crippen LogP contribution in [-0.4, -0.2) is 52.4 Å². The number of rotatable bonds is 9. The zero-order chi connectivity index (χ0) is 24.0. The minimum absolute atomic E-state index is 0.287. The lowest BCUT2D eigenvalue weighted by molar-refractivity contribution is -0.116. The van der Waals surface area contributed by atoms with Crippen molar-refractivity contribution in [3.05, 3.63) is 48.0 Å². The summed E-state index contributed by atoms with van der Waals surface area (Å²) in [6.07, 6.45) is 2.75. The molecule has 0 bridgehead atoms. The van der Waals surface area contributed by atoms with Crippen LogP contribution in [0.25, 0.3) is 0 Å². The highest BCUT2D eigenvalue weighted by molar-refractivity contribution is 7.92. The van der Waals surface area contributed by atoms with Crippen LogP contribution in [0.1, 0.15) is 37.0 Å². The first-order chi connectivity index (χ1) is 15.7. The highest BCUT2D eigenvalue weighted by atomic mass is 32.2. The number of fused-ring (bicyclic) bond motifs is 1. The van der Waals surface area contributed by atoms with Crippen molar-refractivity contribution in [2.24, 2.45) is 0 Å². The minimum Gasteiger partial charge on any atom is -0.486 e. The summed E-state index contributed by atoms with van der Waals surface area (Å²) in [5, 5.41) is 2.69. The van der Waals surface area contributed by atoms with Crippen LogP contribution in [0.5, 0.6) is 11.5 Å². The molecule has 0 aliphatic carbocycles. The molecule has 1 aliphatic rings. The summed E-state index contributed by atoms with van der Waals surface area (Å²) in [4.78, 5) is 24.9. The number of carbonyl (C=O) groups is 2. The molecule has 1 heterocycles. The molecule has 1 atom stereocenters. The first kappa shape index (κ1) is 24.4. The van der Waals surface area contributed by atoms with Crippen molar-refractivity contribution in [3.8, 4) is 11.5 Å². The van der Waals surface area contributed by atoms with Crippen LogP contribution >= 0.6 is 0 Å². The van der Waals surface area contributed by atoms with E-state index in [0.717, 1.165) is 23.4 Å². The van der Waals surface area contributed by atoms with Gasteiger partial charge in [-0.3, -0.25) is 9.10 Å². The average Bonchev–Trinajstić information content (AvgIpc) is 2.78. The van der Waals surface area contributed by atoms with Crippen molar-refractivity contribution < 1.29 is 32.2 Å². The number of amides is 1. The Kier molecular flexibility index (Phi) is 7.80. The summed E-state index contributed by atoms with van der Waals surface area (Å²) in [6.45, 7) is 4.62. The van der Waals surface area contributed by atoms with Gasteiger partial charge in [0, 0.05) is 11.8 Å². The normalized spacial score (nSPS) is 13.7. The minimum atomic E-state index is -3.80. The number of anilines is 2. The van der Waals surface area contributed by atoms with E-state index in [2.05, 4.69) is 5.32 Å². The fraction of sp³-hybridized carbons (Fsp3) is 0.391. The van der Waals surface area contributed by atoms with Crippen molar-refractivity contribution in [1.29, 1.82) is 0 Å². The maximum absolute atomic E-state index is 12.9. The number of hydrogen-bond acceptors (Lipinski definition) is 7. The van der Waals surface area contributed by atoms with E-state index in [1.807, 2.05) is 6.92 Å². The molecule has 1 N–H and O–H groups in total. The molecule has 0 radical (unpaired) electrons. The van der Waals surface area contributed by atoms with Crippen LogP contribution in [0.3, 0.4) is 0 Å². The van der Waals surface area contributed by atoms with Gasteiger partial charge in [0.25, 0.3) is 0 Å². The Morgan fingerprint density at radius 1 is 1.09 bits per heavy atom. The molecule has 0 aromatic heterocycles. The first-order valence-corrected chi connectivity index (χ1v) is 12.5. The number of ether oxygens (including phenoxy) is 3. The molecule has 33 heavy (non-hydrogen) atoms. The average molecular weight is 477 g/mol.